The van der Waals surface area contributed by atoms with E-state index >= 15 is 0 Å². The van der Waals surface area contributed by atoms with Gasteiger partial charge in [-0.2, -0.15) is 0 Å². The van der Waals surface area contributed by atoms with Crippen LogP contribution in [0.25, 0.3) is 0 Å². The summed E-state index contributed by atoms with van der Waals surface area (Å²) in [5.41, 5.74) is 0.233. The molecule has 158 valence electrons. The molecule has 5 heteroatoms. The molecule has 0 heterocycles. The normalized spacial score (nSPS) is 40.7. The summed E-state index contributed by atoms with van der Waals surface area (Å²) in [6.45, 7) is 0. The SMILES string of the molecule is CN(C(=O)c1ccc(OC2CCC(O)CC2)cc1)C1C2CC3CC1CC(O)(C3)C2. The molecule has 0 radical (unpaired) electrons. The molecular weight excluding hydrogens is 366 g/mol. The molecule has 6 rings (SSSR count). The summed E-state index contributed by atoms with van der Waals surface area (Å²) in [5, 5.41) is 20.4. The average Bonchev–Trinajstić information content (AvgIpc) is 2.68. The first-order valence-corrected chi connectivity index (χ1v) is 11.3. The van der Waals surface area contributed by atoms with Crippen molar-refractivity contribution in [3.8, 4) is 5.75 Å². The minimum Gasteiger partial charge on any atom is -0.490 e. The lowest BCUT2D eigenvalue weighted by Gasteiger charge is -2.59. The largest absolute Gasteiger partial charge is 0.490 e. The Morgan fingerprint density at radius 3 is 2.24 bits per heavy atom. The minimum absolute atomic E-state index is 0.0711. The van der Waals surface area contributed by atoms with E-state index in [1.54, 1.807) is 0 Å². The second-order valence-electron chi connectivity index (χ2n) is 10.2. The summed E-state index contributed by atoms with van der Waals surface area (Å²) in [6.07, 6.45) is 8.30. The molecule has 5 aliphatic carbocycles. The first-order valence-electron chi connectivity index (χ1n) is 11.3. The van der Waals surface area contributed by atoms with Crippen molar-refractivity contribution < 1.29 is 19.7 Å². The molecule has 1 aromatic rings. The lowest BCUT2D eigenvalue weighted by Crippen LogP contribution is -2.61. The van der Waals surface area contributed by atoms with Gasteiger partial charge in [-0.05, 0) is 99.8 Å². The van der Waals surface area contributed by atoms with Crippen LogP contribution in [0.1, 0.15) is 68.1 Å². The molecule has 0 aliphatic heterocycles. The van der Waals surface area contributed by atoms with Crippen molar-refractivity contribution >= 4 is 5.91 Å². The van der Waals surface area contributed by atoms with E-state index in [0.29, 0.717) is 23.3 Å². The van der Waals surface area contributed by atoms with Crippen molar-refractivity contribution in [2.45, 2.75) is 81.6 Å². The Morgan fingerprint density at radius 2 is 1.66 bits per heavy atom. The van der Waals surface area contributed by atoms with Crippen LogP contribution in [0, 0.1) is 17.8 Å². The summed E-state index contributed by atoms with van der Waals surface area (Å²) < 4.78 is 6.04. The van der Waals surface area contributed by atoms with E-state index in [9.17, 15) is 15.0 Å². The molecule has 2 atom stereocenters. The molecule has 0 saturated heterocycles. The van der Waals surface area contributed by atoms with Crippen LogP contribution < -0.4 is 4.74 Å². The maximum absolute atomic E-state index is 13.2. The highest BCUT2D eigenvalue weighted by Crippen LogP contribution is 2.56. The number of hydrogen-bond donors (Lipinski definition) is 2. The Bertz CT molecular complexity index is 739. The Balaban J connectivity index is 1.24. The number of carbonyl (C=O) groups is 1. The predicted octanol–water partition coefficient (Wildman–Crippen LogP) is 3.38. The molecule has 5 saturated carbocycles. The molecule has 5 aliphatic rings. The van der Waals surface area contributed by atoms with Crippen LogP contribution in [-0.2, 0) is 0 Å². The zero-order chi connectivity index (χ0) is 20.2. The van der Waals surface area contributed by atoms with Crippen molar-refractivity contribution in [2.75, 3.05) is 7.05 Å². The molecule has 5 nitrogen and oxygen atoms in total. The molecular formula is C24H33NO4. The second-order valence-corrected chi connectivity index (χ2v) is 10.2. The maximum atomic E-state index is 13.2. The number of carbonyl (C=O) groups excluding carboxylic acids is 1. The Morgan fingerprint density at radius 1 is 1.03 bits per heavy atom. The van der Waals surface area contributed by atoms with Crippen LogP contribution in [0.2, 0.25) is 0 Å². The number of aliphatic hydroxyl groups excluding tert-OH is 1. The number of benzene rings is 1. The van der Waals surface area contributed by atoms with E-state index in [4.69, 9.17) is 4.74 Å². The molecule has 0 spiro atoms. The van der Waals surface area contributed by atoms with Gasteiger partial charge in [0.15, 0.2) is 0 Å². The summed E-state index contributed by atoms with van der Waals surface area (Å²) in [4.78, 5) is 15.1. The van der Waals surface area contributed by atoms with Crippen LogP contribution in [0.15, 0.2) is 24.3 Å². The zero-order valence-electron chi connectivity index (χ0n) is 17.3. The Labute approximate surface area is 173 Å². The van der Waals surface area contributed by atoms with Crippen LogP contribution in [-0.4, -0.2) is 51.9 Å². The summed E-state index contributed by atoms with van der Waals surface area (Å²) in [7, 11) is 1.94. The van der Waals surface area contributed by atoms with Crippen molar-refractivity contribution in [3.63, 3.8) is 0 Å². The smallest absolute Gasteiger partial charge is 0.253 e. The topological polar surface area (TPSA) is 70.0 Å². The predicted molar refractivity (Wildman–Crippen MR) is 110 cm³/mol. The number of ether oxygens (including phenoxy) is 1. The maximum Gasteiger partial charge on any atom is 0.253 e. The molecule has 1 aromatic carbocycles. The van der Waals surface area contributed by atoms with E-state index in [1.807, 2.05) is 36.2 Å². The number of aliphatic hydroxyl groups is 2. The van der Waals surface area contributed by atoms with Crippen LogP contribution >= 0.6 is 0 Å². The number of nitrogens with zero attached hydrogens (tertiary/aromatic N) is 1. The van der Waals surface area contributed by atoms with Crippen molar-refractivity contribution in [3.05, 3.63) is 29.8 Å². The monoisotopic (exact) mass is 399 g/mol. The summed E-state index contributed by atoms with van der Waals surface area (Å²) in [5.74, 6) is 2.38. The van der Waals surface area contributed by atoms with Gasteiger partial charge in [0.1, 0.15) is 5.75 Å². The molecule has 2 N–H and O–H groups in total. The Kier molecular flexibility index (Phi) is 4.86. The average molecular weight is 400 g/mol. The first kappa shape index (κ1) is 19.4. The van der Waals surface area contributed by atoms with Crippen LogP contribution in [0.3, 0.4) is 0 Å². The zero-order valence-corrected chi connectivity index (χ0v) is 17.3. The first-order chi connectivity index (χ1) is 13.9. The quantitative estimate of drug-likeness (QED) is 0.814. The van der Waals surface area contributed by atoms with Gasteiger partial charge in [0.05, 0.1) is 17.8 Å². The molecule has 4 bridgehead atoms. The third kappa shape index (κ3) is 3.68. The minimum atomic E-state index is -0.467. The molecule has 29 heavy (non-hydrogen) atoms. The number of hydrogen-bond acceptors (Lipinski definition) is 4. The number of rotatable bonds is 4. The highest BCUT2D eigenvalue weighted by Gasteiger charge is 2.56. The van der Waals surface area contributed by atoms with E-state index in [1.165, 1.54) is 0 Å². The van der Waals surface area contributed by atoms with Gasteiger partial charge in [-0.15, -0.1) is 0 Å². The lowest BCUT2D eigenvalue weighted by atomic mass is 9.52. The lowest BCUT2D eigenvalue weighted by molar-refractivity contribution is -0.152. The van der Waals surface area contributed by atoms with E-state index in [2.05, 4.69) is 0 Å². The molecule has 0 aromatic heterocycles. The number of amides is 1. The Hall–Kier alpha value is -1.59. The fourth-order valence-electron chi connectivity index (χ4n) is 6.96. The van der Waals surface area contributed by atoms with Crippen LogP contribution in [0.5, 0.6) is 5.75 Å². The van der Waals surface area contributed by atoms with E-state index in [0.717, 1.165) is 63.5 Å². The van der Waals surface area contributed by atoms with Gasteiger partial charge in [0.25, 0.3) is 5.91 Å². The van der Waals surface area contributed by atoms with Gasteiger partial charge < -0.3 is 19.8 Å². The van der Waals surface area contributed by atoms with Gasteiger partial charge in [0.2, 0.25) is 0 Å². The van der Waals surface area contributed by atoms with Gasteiger partial charge in [-0.1, -0.05) is 0 Å². The highest BCUT2D eigenvalue weighted by atomic mass is 16.5. The van der Waals surface area contributed by atoms with Gasteiger partial charge in [-0.3, -0.25) is 4.79 Å². The van der Waals surface area contributed by atoms with E-state index < -0.39 is 5.60 Å². The van der Waals surface area contributed by atoms with Gasteiger partial charge in [-0.25, -0.2) is 0 Å². The summed E-state index contributed by atoms with van der Waals surface area (Å²) in [6, 6.07) is 7.78. The summed E-state index contributed by atoms with van der Waals surface area (Å²) >= 11 is 0. The van der Waals surface area contributed by atoms with Crippen molar-refractivity contribution in [2.24, 2.45) is 17.8 Å². The second kappa shape index (κ2) is 7.28. The van der Waals surface area contributed by atoms with Crippen LogP contribution in [0.4, 0.5) is 0 Å². The standard InChI is InChI=1S/C24H33NO4/c1-25(22-17-10-15-11-18(22)14-24(28,12-15)13-17)23(27)16-2-6-20(7-3-16)29-21-8-4-19(26)5-9-21/h2-3,6-7,15,17-19,21-22,26,28H,4-5,8-14H2,1H3. The fourth-order valence-corrected chi connectivity index (χ4v) is 6.96. The van der Waals surface area contributed by atoms with Gasteiger partial charge in [0, 0.05) is 18.7 Å². The van der Waals surface area contributed by atoms with Gasteiger partial charge >= 0.3 is 0 Å². The molecule has 1 amide bonds. The molecule has 5 fully saturated rings. The molecule has 2 unspecified atom stereocenters. The highest BCUT2D eigenvalue weighted by molar-refractivity contribution is 5.94. The van der Waals surface area contributed by atoms with Crippen molar-refractivity contribution in [1.29, 1.82) is 0 Å². The van der Waals surface area contributed by atoms with E-state index in [-0.39, 0.29) is 24.2 Å². The third-order valence-electron chi connectivity index (χ3n) is 8.01. The van der Waals surface area contributed by atoms with Crippen molar-refractivity contribution in [1.82, 2.24) is 4.90 Å². The fraction of sp³-hybridized carbons (Fsp3) is 0.708. The third-order valence-corrected chi connectivity index (χ3v) is 8.01.